The van der Waals surface area contributed by atoms with Crippen molar-refractivity contribution >= 4 is 17.5 Å². The second-order valence-corrected chi connectivity index (χ2v) is 7.69. The number of amides is 2. The van der Waals surface area contributed by atoms with Gasteiger partial charge in [-0.15, -0.1) is 0 Å². The summed E-state index contributed by atoms with van der Waals surface area (Å²) in [7, 11) is 0. The molecule has 7 heteroatoms. The quantitative estimate of drug-likeness (QED) is 0.764. The topological polar surface area (TPSA) is 90.1 Å². The molecule has 0 aliphatic carbocycles. The zero-order valence-electron chi connectivity index (χ0n) is 15.1. The van der Waals surface area contributed by atoms with Crippen molar-refractivity contribution in [1.82, 2.24) is 20.4 Å². The Labute approximate surface area is 157 Å². The second kappa shape index (κ2) is 6.20. The average Bonchev–Trinajstić information content (AvgIpc) is 3.42. The zero-order chi connectivity index (χ0) is 18.4. The number of nitrogens with one attached hydrogen (secondary N) is 3. The molecule has 3 aliphatic rings. The molecule has 2 amide bonds. The lowest BCUT2D eigenvalue weighted by molar-refractivity contribution is -0.137. The van der Waals surface area contributed by atoms with E-state index in [0.717, 1.165) is 49.0 Å². The molecule has 0 saturated carbocycles. The van der Waals surface area contributed by atoms with Gasteiger partial charge < -0.3 is 10.6 Å². The number of anilines is 1. The first-order valence-corrected chi connectivity index (χ1v) is 9.64. The van der Waals surface area contributed by atoms with E-state index in [0.29, 0.717) is 12.6 Å². The third kappa shape index (κ3) is 2.34. The van der Waals surface area contributed by atoms with Crippen molar-refractivity contribution in [2.45, 2.75) is 37.3 Å². The molecule has 4 heterocycles. The number of nitrogens with zero attached hydrogens (tertiary/aromatic N) is 2. The predicted octanol–water partition coefficient (Wildman–Crippen LogP) is 1.40. The van der Waals surface area contributed by atoms with Crippen LogP contribution in [0.1, 0.15) is 30.4 Å². The molecular weight excluding hydrogens is 342 g/mol. The first-order chi connectivity index (χ1) is 13.2. The Bertz CT molecular complexity index is 880. The van der Waals surface area contributed by atoms with Crippen LogP contribution in [0, 0.1) is 5.92 Å². The molecule has 5 rings (SSSR count). The van der Waals surface area contributed by atoms with Crippen molar-refractivity contribution in [3.63, 3.8) is 0 Å². The van der Waals surface area contributed by atoms with Gasteiger partial charge in [0.25, 0.3) is 0 Å². The number of H-pyrrole nitrogens is 1. The van der Waals surface area contributed by atoms with E-state index in [2.05, 4.69) is 25.7 Å². The van der Waals surface area contributed by atoms with Crippen LogP contribution in [0.15, 0.2) is 36.7 Å². The lowest BCUT2D eigenvalue weighted by Crippen LogP contribution is -2.54. The van der Waals surface area contributed by atoms with Crippen LogP contribution in [0.25, 0.3) is 0 Å². The molecule has 0 radical (unpaired) electrons. The highest BCUT2D eigenvalue weighted by atomic mass is 16.2. The van der Waals surface area contributed by atoms with E-state index < -0.39 is 5.54 Å². The Morgan fingerprint density at radius 1 is 1.37 bits per heavy atom. The van der Waals surface area contributed by atoms with Gasteiger partial charge in [0.2, 0.25) is 11.8 Å². The number of hydrogen-bond acceptors (Lipinski definition) is 4. The summed E-state index contributed by atoms with van der Waals surface area (Å²) >= 11 is 0. The van der Waals surface area contributed by atoms with Crippen molar-refractivity contribution in [1.29, 1.82) is 0 Å². The SMILES string of the molecule is O=C(NCCc1cn[nH]c1)[C@H]1C[C@H]2CCCN2[C@]12C(=O)Nc1ccccc12. The number of carbonyl (C=O) groups excluding carboxylic acids is 2. The number of hydrogen-bond donors (Lipinski definition) is 3. The molecule has 0 unspecified atom stereocenters. The zero-order valence-corrected chi connectivity index (χ0v) is 15.1. The van der Waals surface area contributed by atoms with Crippen LogP contribution in [-0.4, -0.2) is 46.0 Å². The molecule has 1 spiro atoms. The number of fused-ring (bicyclic) bond motifs is 4. The van der Waals surface area contributed by atoms with Gasteiger partial charge in [0, 0.05) is 30.0 Å². The van der Waals surface area contributed by atoms with Gasteiger partial charge in [-0.3, -0.25) is 19.6 Å². The van der Waals surface area contributed by atoms with E-state index >= 15 is 0 Å². The fourth-order valence-corrected chi connectivity index (χ4v) is 5.25. The van der Waals surface area contributed by atoms with E-state index in [4.69, 9.17) is 0 Å². The molecule has 140 valence electrons. The standard InChI is InChI=1S/C20H23N5O2/c26-18(21-8-7-13-11-22-23-12-13)16-10-14-4-3-9-25(14)20(16)15-5-1-2-6-17(15)24-19(20)27/h1-2,5-6,11-12,14,16H,3-4,7-10H2,(H,21,26)(H,22,23)(H,24,27)/t14-,16-,20+/m1/s1. The summed E-state index contributed by atoms with van der Waals surface area (Å²) in [5, 5.41) is 12.8. The van der Waals surface area contributed by atoms with Crippen molar-refractivity contribution in [3.8, 4) is 0 Å². The van der Waals surface area contributed by atoms with Gasteiger partial charge in [-0.2, -0.15) is 5.10 Å². The second-order valence-electron chi connectivity index (χ2n) is 7.69. The molecule has 3 atom stereocenters. The van der Waals surface area contributed by atoms with Crippen LogP contribution in [0.3, 0.4) is 0 Å². The maximum atomic E-state index is 13.2. The van der Waals surface area contributed by atoms with E-state index in [-0.39, 0.29) is 17.7 Å². The van der Waals surface area contributed by atoms with Gasteiger partial charge in [0.05, 0.1) is 12.1 Å². The molecule has 3 N–H and O–H groups in total. The molecule has 1 aromatic carbocycles. The van der Waals surface area contributed by atoms with Gasteiger partial charge in [-0.1, -0.05) is 18.2 Å². The molecule has 1 aromatic heterocycles. The maximum Gasteiger partial charge on any atom is 0.250 e. The van der Waals surface area contributed by atoms with Gasteiger partial charge >= 0.3 is 0 Å². The Morgan fingerprint density at radius 2 is 2.26 bits per heavy atom. The molecule has 2 saturated heterocycles. The number of rotatable bonds is 4. The highest BCUT2D eigenvalue weighted by Crippen LogP contribution is 2.55. The number of aromatic nitrogens is 2. The van der Waals surface area contributed by atoms with Crippen LogP contribution in [0.4, 0.5) is 5.69 Å². The highest BCUT2D eigenvalue weighted by molar-refractivity contribution is 6.09. The van der Waals surface area contributed by atoms with Gasteiger partial charge in [-0.25, -0.2) is 0 Å². The van der Waals surface area contributed by atoms with Crippen molar-refractivity contribution in [2.24, 2.45) is 5.92 Å². The van der Waals surface area contributed by atoms with Gasteiger partial charge in [0.1, 0.15) is 5.54 Å². The monoisotopic (exact) mass is 365 g/mol. The number of benzene rings is 1. The summed E-state index contributed by atoms with van der Waals surface area (Å²) in [6, 6.07) is 8.11. The molecule has 7 nitrogen and oxygen atoms in total. The fraction of sp³-hybridized carbons (Fsp3) is 0.450. The van der Waals surface area contributed by atoms with Crippen LogP contribution in [0.5, 0.6) is 0 Å². The summed E-state index contributed by atoms with van der Waals surface area (Å²) in [6.07, 6.45) is 7.18. The maximum absolute atomic E-state index is 13.2. The predicted molar refractivity (Wildman–Crippen MR) is 99.9 cm³/mol. The Morgan fingerprint density at radius 3 is 3.11 bits per heavy atom. The van der Waals surface area contributed by atoms with Crippen LogP contribution >= 0.6 is 0 Å². The highest BCUT2D eigenvalue weighted by Gasteiger charge is 2.65. The third-order valence-electron chi connectivity index (χ3n) is 6.36. The summed E-state index contributed by atoms with van der Waals surface area (Å²) in [5.74, 6) is -0.446. The minimum Gasteiger partial charge on any atom is -0.355 e. The first-order valence-electron chi connectivity index (χ1n) is 9.64. The molecule has 2 fully saturated rings. The van der Waals surface area contributed by atoms with Crippen molar-refractivity contribution < 1.29 is 9.59 Å². The van der Waals surface area contributed by atoms with Gasteiger partial charge in [0.15, 0.2) is 0 Å². The van der Waals surface area contributed by atoms with Gasteiger partial charge in [-0.05, 0) is 43.9 Å². The number of aromatic amines is 1. The lowest BCUT2D eigenvalue weighted by Gasteiger charge is -2.36. The summed E-state index contributed by atoms with van der Waals surface area (Å²) in [4.78, 5) is 28.7. The average molecular weight is 365 g/mol. The smallest absolute Gasteiger partial charge is 0.250 e. The van der Waals surface area contributed by atoms with E-state index in [1.165, 1.54) is 0 Å². The van der Waals surface area contributed by atoms with E-state index in [9.17, 15) is 9.59 Å². The Balaban J connectivity index is 1.44. The number of para-hydroxylation sites is 1. The van der Waals surface area contributed by atoms with Crippen molar-refractivity contribution in [2.75, 3.05) is 18.4 Å². The fourth-order valence-electron chi connectivity index (χ4n) is 5.25. The first kappa shape index (κ1) is 16.5. The molecular formula is C20H23N5O2. The van der Waals surface area contributed by atoms with Crippen LogP contribution in [-0.2, 0) is 21.5 Å². The van der Waals surface area contributed by atoms with E-state index in [1.807, 2.05) is 30.5 Å². The van der Waals surface area contributed by atoms with Crippen LogP contribution < -0.4 is 10.6 Å². The molecule has 3 aliphatic heterocycles. The number of carbonyl (C=O) groups is 2. The largest absolute Gasteiger partial charge is 0.355 e. The minimum atomic E-state index is -0.864. The third-order valence-corrected chi connectivity index (χ3v) is 6.36. The van der Waals surface area contributed by atoms with Crippen molar-refractivity contribution in [3.05, 3.63) is 47.8 Å². The summed E-state index contributed by atoms with van der Waals surface area (Å²) in [5.41, 5.74) is 1.99. The summed E-state index contributed by atoms with van der Waals surface area (Å²) in [6.45, 7) is 1.41. The molecule has 2 aromatic rings. The Hall–Kier alpha value is -2.67. The Kier molecular flexibility index (Phi) is 3.79. The molecule has 27 heavy (non-hydrogen) atoms. The lowest BCUT2D eigenvalue weighted by atomic mass is 9.78. The summed E-state index contributed by atoms with van der Waals surface area (Å²) < 4.78 is 0. The van der Waals surface area contributed by atoms with E-state index in [1.54, 1.807) is 6.20 Å². The minimum absolute atomic E-state index is 0.0280. The van der Waals surface area contributed by atoms with Crippen LogP contribution in [0.2, 0.25) is 0 Å². The molecule has 0 bridgehead atoms. The normalized spacial score (nSPS) is 29.0.